The van der Waals surface area contributed by atoms with Crippen molar-refractivity contribution in [3.8, 4) is 0 Å². The Labute approximate surface area is 192 Å². The lowest BCUT2D eigenvalue weighted by Crippen LogP contribution is -2.34. The largest absolute Gasteiger partial charge is 0.294 e. The van der Waals surface area contributed by atoms with E-state index in [-0.39, 0.29) is 35.3 Å². The summed E-state index contributed by atoms with van der Waals surface area (Å²) in [5, 5.41) is 0. The predicted molar refractivity (Wildman–Crippen MR) is 129 cm³/mol. The lowest BCUT2D eigenvalue weighted by Gasteiger charge is -2.33. The van der Waals surface area contributed by atoms with Crippen LogP contribution in [0.1, 0.15) is 45.5 Å². The standard InChI is InChI=1S/C28H24O3S/c1-2-32-28-24(26(30)20-14-8-4-9-15-20)22(19-12-6-3-7-13-19)18-23(29)25(28)27(31)21-16-10-5-11-17-21/h3-17,22,24H,2,18H2,1H3/t22-,24-/m1/s1. The number of carbonyl (C=O) groups excluding carboxylic acids is 3. The number of Topliss-reactive ketones (excluding diaryl/α,β-unsaturated/α-hetero) is 3. The van der Waals surface area contributed by atoms with E-state index in [0.717, 1.165) is 5.56 Å². The van der Waals surface area contributed by atoms with Crippen LogP contribution in [-0.2, 0) is 4.79 Å². The Bertz CT molecular complexity index is 1150. The molecular weight excluding hydrogens is 416 g/mol. The van der Waals surface area contributed by atoms with Gasteiger partial charge in [0.1, 0.15) is 0 Å². The molecule has 3 aromatic rings. The SMILES string of the molecule is CCSC1=C(C(=O)c2ccccc2)C(=O)C[C@H](c2ccccc2)[C@@H]1C(=O)c1ccccc1. The second kappa shape index (κ2) is 9.92. The van der Waals surface area contributed by atoms with E-state index in [0.29, 0.717) is 21.8 Å². The molecule has 0 aliphatic heterocycles. The maximum atomic E-state index is 13.8. The molecule has 0 N–H and O–H groups in total. The van der Waals surface area contributed by atoms with Crippen LogP contribution in [0.15, 0.2) is 101 Å². The number of thioether (sulfide) groups is 1. The first-order valence-corrected chi connectivity index (χ1v) is 11.7. The second-order valence-corrected chi connectivity index (χ2v) is 9.03. The zero-order chi connectivity index (χ0) is 22.5. The number of hydrogen-bond donors (Lipinski definition) is 0. The number of carbonyl (C=O) groups is 3. The molecule has 1 aliphatic carbocycles. The van der Waals surface area contributed by atoms with E-state index in [9.17, 15) is 14.4 Å². The summed E-state index contributed by atoms with van der Waals surface area (Å²) in [7, 11) is 0. The summed E-state index contributed by atoms with van der Waals surface area (Å²) in [5.74, 6) is -0.775. The molecule has 4 heteroatoms. The second-order valence-electron chi connectivity index (χ2n) is 7.72. The first-order valence-electron chi connectivity index (χ1n) is 10.8. The number of benzene rings is 3. The normalized spacial score (nSPS) is 18.5. The van der Waals surface area contributed by atoms with Crippen LogP contribution >= 0.6 is 11.8 Å². The van der Waals surface area contributed by atoms with Gasteiger partial charge in [-0.15, -0.1) is 11.8 Å². The quantitative estimate of drug-likeness (QED) is 0.327. The summed E-state index contributed by atoms with van der Waals surface area (Å²) in [5.41, 5.74) is 2.17. The average Bonchev–Trinajstić information content (AvgIpc) is 2.85. The Kier molecular flexibility index (Phi) is 6.81. The molecule has 0 amide bonds. The molecule has 0 saturated heterocycles. The van der Waals surface area contributed by atoms with Gasteiger partial charge in [-0.3, -0.25) is 14.4 Å². The van der Waals surface area contributed by atoms with E-state index in [1.54, 1.807) is 36.4 Å². The third-order valence-corrected chi connectivity index (χ3v) is 6.80. The highest BCUT2D eigenvalue weighted by atomic mass is 32.2. The third kappa shape index (κ3) is 4.37. The topological polar surface area (TPSA) is 51.2 Å². The first-order chi connectivity index (χ1) is 15.6. The molecule has 0 bridgehead atoms. The van der Waals surface area contributed by atoms with Crippen LogP contribution in [0.2, 0.25) is 0 Å². The Balaban J connectivity index is 1.90. The van der Waals surface area contributed by atoms with E-state index in [2.05, 4.69) is 0 Å². The summed E-state index contributed by atoms with van der Waals surface area (Å²) in [6.45, 7) is 1.98. The molecule has 0 unspecified atom stereocenters. The predicted octanol–water partition coefficient (Wildman–Crippen LogP) is 6.13. The van der Waals surface area contributed by atoms with Crippen LogP contribution in [0.5, 0.6) is 0 Å². The highest BCUT2D eigenvalue weighted by molar-refractivity contribution is 8.03. The molecule has 0 spiro atoms. The van der Waals surface area contributed by atoms with E-state index < -0.39 is 5.92 Å². The summed E-state index contributed by atoms with van der Waals surface area (Å²) in [6.07, 6.45) is 0.134. The molecule has 0 radical (unpaired) electrons. The summed E-state index contributed by atoms with van der Waals surface area (Å²) in [4.78, 5) is 41.2. The number of rotatable bonds is 7. The summed E-state index contributed by atoms with van der Waals surface area (Å²) >= 11 is 1.43. The van der Waals surface area contributed by atoms with E-state index in [4.69, 9.17) is 0 Å². The number of allylic oxidation sites excluding steroid dienone is 2. The number of ketones is 3. The van der Waals surface area contributed by atoms with Crippen molar-refractivity contribution in [2.45, 2.75) is 19.3 Å². The van der Waals surface area contributed by atoms with Gasteiger partial charge in [-0.05, 0) is 11.3 Å². The molecule has 1 aliphatic rings. The Morgan fingerprint density at radius 3 is 1.91 bits per heavy atom. The van der Waals surface area contributed by atoms with Gasteiger partial charge in [0.15, 0.2) is 17.3 Å². The summed E-state index contributed by atoms with van der Waals surface area (Å²) in [6, 6.07) is 27.7. The molecule has 2 atom stereocenters. The zero-order valence-corrected chi connectivity index (χ0v) is 18.7. The van der Waals surface area contributed by atoms with Gasteiger partial charge in [0.25, 0.3) is 0 Å². The molecular formula is C28H24O3S. The van der Waals surface area contributed by atoms with Crippen LogP contribution in [0.25, 0.3) is 0 Å². The minimum atomic E-state index is -0.579. The minimum absolute atomic E-state index is 0.0544. The molecule has 4 rings (SSSR count). The van der Waals surface area contributed by atoms with Gasteiger partial charge in [0.05, 0.1) is 11.5 Å². The maximum Gasteiger partial charge on any atom is 0.197 e. The minimum Gasteiger partial charge on any atom is -0.294 e. The molecule has 0 aromatic heterocycles. The molecule has 3 nitrogen and oxygen atoms in total. The van der Waals surface area contributed by atoms with Gasteiger partial charge < -0.3 is 0 Å². The lowest BCUT2D eigenvalue weighted by molar-refractivity contribution is -0.116. The number of hydrogen-bond acceptors (Lipinski definition) is 4. The molecule has 160 valence electrons. The van der Waals surface area contributed by atoms with Crippen molar-refractivity contribution in [3.63, 3.8) is 0 Å². The first kappa shape index (κ1) is 22.0. The van der Waals surface area contributed by atoms with Crippen molar-refractivity contribution in [1.29, 1.82) is 0 Å². The Morgan fingerprint density at radius 2 is 1.34 bits per heavy atom. The van der Waals surface area contributed by atoms with E-state index >= 15 is 0 Å². The highest BCUT2D eigenvalue weighted by Crippen LogP contribution is 2.46. The van der Waals surface area contributed by atoms with Crippen molar-refractivity contribution in [2.24, 2.45) is 5.92 Å². The molecule has 3 aromatic carbocycles. The van der Waals surface area contributed by atoms with Crippen molar-refractivity contribution in [3.05, 3.63) is 118 Å². The van der Waals surface area contributed by atoms with Gasteiger partial charge in [-0.1, -0.05) is 97.9 Å². The van der Waals surface area contributed by atoms with E-state index in [1.807, 2.05) is 61.5 Å². The Morgan fingerprint density at radius 1 is 0.812 bits per heavy atom. The fourth-order valence-corrected chi connectivity index (χ4v) is 5.39. The molecule has 0 fully saturated rings. The van der Waals surface area contributed by atoms with Gasteiger partial charge in [-0.25, -0.2) is 0 Å². The van der Waals surface area contributed by atoms with E-state index in [1.165, 1.54) is 11.8 Å². The van der Waals surface area contributed by atoms with Crippen LogP contribution in [0.4, 0.5) is 0 Å². The highest BCUT2D eigenvalue weighted by Gasteiger charge is 2.43. The van der Waals surface area contributed by atoms with Crippen molar-refractivity contribution in [2.75, 3.05) is 5.75 Å². The summed E-state index contributed by atoms with van der Waals surface area (Å²) < 4.78 is 0. The van der Waals surface area contributed by atoms with Crippen LogP contribution in [0.3, 0.4) is 0 Å². The Hall–Kier alpha value is -3.24. The monoisotopic (exact) mass is 440 g/mol. The van der Waals surface area contributed by atoms with Crippen LogP contribution < -0.4 is 0 Å². The molecule has 0 saturated carbocycles. The fourth-order valence-electron chi connectivity index (χ4n) is 4.28. The maximum absolute atomic E-state index is 13.8. The van der Waals surface area contributed by atoms with Gasteiger partial charge in [0, 0.05) is 28.4 Å². The van der Waals surface area contributed by atoms with Crippen molar-refractivity contribution in [1.82, 2.24) is 0 Å². The lowest BCUT2D eigenvalue weighted by atomic mass is 9.72. The average molecular weight is 441 g/mol. The van der Waals surface area contributed by atoms with Crippen molar-refractivity contribution < 1.29 is 14.4 Å². The fraction of sp³-hybridized carbons (Fsp3) is 0.179. The van der Waals surface area contributed by atoms with Crippen LogP contribution in [-0.4, -0.2) is 23.1 Å². The van der Waals surface area contributed by atoms with Crippen molar-refractivity contribution >= 4 is 29.1 Å². The van der Waals surface area contributed by atoms with Gasteiger partial charge in [0.2, 0.25) is 0 Å². The van der Waals surface area contributed by atoms with Crippen LogP contribution in [0, 0.1) is 5.92 Å². The zero-order valence-electron chi connectivity index (χ0n) is 17.9. The third-order valence-electron chi connectivity index (χ3n) is 5.75. The van der Waals surface area contributed by atoms with Gasteiger partial charge in [-0.2, -0.15) is 0 Å². The molecule has 0 heterocycles. The molecule has 32 heavy (non-hydrogen) atoms. The van der Waals surface area contributed by atoms with Gasteiger partial charge >= 0.3 is 0 Å². The smallest absolute Gasteiger partial charge is 0.197 e.